The van der Waals surface area contributed by atoms with Crippen molar-refractivity contribution in [1.82, 2.24) is 0 Å². The fourth-order valence-electron chi connectivity index (χ4n) is 2.00. The molecular weight excluding hydrogens is 267 g/mol. The zero-order chi connectivity index (χ0) is 15.4. The highest BCUT2D eigenvalue weighted by molar-refractivity contribution is 6.04. The Morgan fingerprint density at radius 3 is 2.57 bits per heavy atom. The summed E-state index contributed by atoms with van der Waals surface area (Å²) in [5.74, 6) is -0.633. The van der Waals surface area contributed by atoms with Crippen molar-refractivity contribution in [3.63, 3.8) is 0 Å². The molecule has 2 aromatic carbocycles. The number of aryl methyl sites for hydroxylation is 1. The Kier molecular flexibility index (Phi) is 4.58. The highest BCUT2D eigenvalue weighted by Gasteiger charge is 2.09. The molecule has 0 atom stereocenters. The van der Waals surface area contributed by atoms with Gasteiger partial charge < -0.3 is 10.6 Å². The van der Waals surface area contributed by atoms with Gasteiger partial charge >= 0.3 is 0 Å². The van der Waals surface area contributed by atoms with E-state index in [2.05, 4.69) is 10.6 Å². The topological polar surface area (TPSA) is 41.1 Å². The lowest BCUT2D eigenvalue weighted by Gasteiger charge is -2.14. The Labute approximate surface area is 124 Å². The molecule has 3 nitrogen and oxygen atoms in total. The maximum Gasteiger partial charge on any atom is 0.255 e. The third-order valence-corrected chi connectivity index (χ3v) is 3.03. The van der Waals surface area contributed by atoms with Gasteiger partial charge in [-0.15, -0.1) is 0 Å². The number of benzene rings is 2. The van der Waals surface area contributed by atoms with E-state index in [0.717, 1.165) is 11.3 Å². The molecule has 2 N–H and O–H groups in total. The summed E-state index contributed by atoms with van der Waals surface area (Å²) >= 11 is 0. The molecule has 4 heteroatoms. The lowest BCUT2D eigenvalue weighted by atomic mass is 10.1. The Morgan fingerprint density at radius 1 is 1.14 bits per heavy atom. The van der Waals surface area contributed by atoms with E-state index in [1.807, 2.05) is 32.9 Å². The van der Waals surface area contributed by atoms with Crippen LogP contribution < -0.4 is 10.6 Å². The molecule has 2 aromatic rings. The molecule has 1 amide bonds. The molecule has 0 fully saturated rings. The predicted octanol–water partition coefficient (Wildman–Crippen LogP) is 4.21. The van der Waals surface area contributed by atoms with Crippen LogP contribution >= 0.6 is 0 Å². The molecule has 0 bridgehead atoms. The van der Waals surface area contributed by atoms with Gasteiger partial charge in [0, 0.05) is 23.0 Å². The summed E-state index contributed by atoms with van der Waals surface area (Å²) in [6, 6.07) is 11.6. The monoisotopic (exact) mass is 286 g/mol. The summed E-state index contributed by atoms with van der Waals surface area (Å²) in [7, 11) is 0. The zero-order valence-electron chi connectivity index (χ0n) is 12.4. The van der Waals surface area contributed by atoms with Gasteiger partial charge in [-0.2, -0.15) is 0 Å². The molecule has 0 aromatic heterocycles. The van der Waals surface area contributed by atoms with Crippen LogP contribution in [0.15, 0.2) is 42.5 Å². The first-order valence-corrected chi connectivity index (χ1v) is 6.90. The predicted molar refractivity (Wildman–Crippen MR) is 84.3 cm³/mol. The lowest BCUT2D eigenvalue weighted by Crippen LogP contribution is -2.15. The molecule has 0 aliphatic carbocycles. The number of carbonyl (C=O) groups is 1. The van der Waals surface area contributed by atoms with Crippen molar-refractivity contribution >= 4 is 17.3 Å². The largest absolute Gasteiger partial charge is 0.383 e. The highest BCUT2D eigenvalue weighted by atomic mass is 19.1. The summed E-state index contributed by atoms with van der Waals surface area (Å²) in [4.78, 5) is 12.2. The fraction of sp³-hybridized carbons (Fsp3) is 0.235. The summed E-state index contributed by atoms with van der Waals surface area (Å²) in [5.41, 5.74) is 2.98. The number of hydrogen-bond donors (Lipinski definition) is 2. The summed E-state index contributed by atoms with van der Waals surface area (Å²) < 4.78 is 13.1. The van der Waals surface area contributed by atoms with Crippen LogP contribution in [-0.4, -0.2) is 11.9 Å². The van der Waals surface area contributed by atoms with Crippen LogP contribution in [0.3, 0.4) is 0 Å². The van der Waals surface area contributed by atoms with E-state index < -0.39 is 0 Å². The van der Waals surface area contributed by atoms with Crippen molar-refractivity contribution < 1.29 is 9.18 Å². The van der Waals surface area contributed by atoms with E-state index in [1.165, 1.54) is 12.1 Å². The van der Waals surface area contributed by atoms with E-state index in [4.69, 9.17) is 0 Å². The maximum atomic E-state index is 13.1. The van der Waals surface area contributed by atoms with Crippen molar-refractivity contribution in [1.29, 1.82) is 0 Å². The molecule has 2 rings (SSSR count). The van der Waals surface area contributed by atoms with Crippen LogP contribution in [-0.2, 0) is 0 Å². The second kappa shape index (κ2) is 6.39. The van der Waals surface area contributed by atoms with Crippen molar-refractivity contribution in [2.24, 2.45) is 0 Å². The van der Waals surface area contributed by atoms with Crippen molar-refractivity contribution in [2.45, 2.75) is 26.8 Å². The van der Waals surface area contributed by atoms with Gasteiger partial charge in [0.15, 0.2) is 0 Å². The molecule has 0 heterocycles. The number of nitrogens with one attached hydrogen (secondary N) is 2. The minimum Gasteiger partial charge on any atom is -0.383 e. The van der Waals surface area contributed by atoms with Crippen molar-refractivity contribution in [3.05, 3.63) is 59.4 Å². The molecular formula is C17H19FN2O. The summed E-state index contributed by atoms with van der Waals surface area (Å²) in [6.45, 7) is 6.07. The number of halogens is 1. The number of rotatable bonds is 4. The minimum atomic E-state index is -0.376. The SMILES string of the molecule is Cc1ccc(C(=O)Nc2cccc(F)c2)cc1NC(C)C. The zero-order valence-corrected chi connectivity index (χ0v) is 12.4. The highest BCUT2D eigenvalue weighted by Crippen LogP contribution is 2.19. The molecule has 0 unspecified atom stereocenters. The number of carbonyl (C=O) groups excluding carboxylic acids is 1. The van der Waals surface area contributed by atoms with Gasteiger partial charge in [-0.25, -0.2) is 4.39 Å². The Balaban J connectivity index is 2.19. The van der Waals surface area contributed by atoms with Gasteiger partial charge in [0.1, 0.15) is 5.82 Å². The first-order chi connectivity index (χ1) is 9.95. The van der Waals surface area contributed by atoms with Crippen LogP contribution in [0.5, 0.6) is 0 Å². The van der Waals surface area contributed by atoms with Crippen molar-refractivity contribution in [3.8, 4) is 0 Å². The number of anilines is 2. The van der Waals surface area contributed by atoms with Gasteiger partial charge in [-0.05, 0) is 56.7 Å². The van der Waals surface area contributed by atoms with Crippen LogP contribution in [0.25, 0.3) is 0 Å². The number of amides is 1. The lowest BCUT2D eigenvalue weighted by molar-refractivity contribution is 0.102. The van der Waals surface area contributed by atoms with E-state index >= 15 is 0 Å². The Bertz CT molecular complexity index is 653. The molecule has 0 saturated heterocycles. The summed E-state index contributed by atoms with van der Waals surface area (Å²) in [6.07, 6.45) is 0. The third kappa shape index (κ3) is 4.05. The standard InChI is InChI=1S/C17H19FN2O/c1-11(2)19-16-9-13(8-7-12(16)3)17(21)20-15-6-4-5-14(18)10-15/h4-11,19H,1-3H3,(H,20,21). The third-order valence-electron chi connectivity index (χ3n) is 3.03. The molecule has 0 radical (unpaired) electrons. The molecule has 21 heavy (non-hydrogen) atoms. The van der Waals surface area contributed by atoms with Gasteiger partial charge in [0.05, 0.1) is 0 Å². The summed E-state index contributed by atoms with van der Waals surface area (Å²) in [5, 5.41) is 5.99. The maximum absolute atomic E-state index is 13.1. The van der Waals surface area contributed by atoms with Crippen molar-refractivity contribution in [2.75, 3.05) is 10.6 Å². The average Bonchev–Trinajstić information content (AvgIpc) is 2.40. The van der Waals surface area contributed by atoms with Gasteiger partial charge in [0.25, 0.3) is 5.91 Å². The van der Waals surface area contributed by atoms with Crippen LogP contribution in [0.2, 0.25) is 0 Å². The first-order valence-electron chi connectivity index (χ1n) is 6.90. The normalized spacial score (nSPS) is 10.5. The quantitative estimate of drug-likeness (QED) is 0.884. The van der Waals surface area contributed by atoms with Gasteiger partial charge in [-0.3, -0.25) is 4.79 Å². The molecule has 110 valence electrons. The Hall–Kier alpha value is -2.36. The molecule has 0 saturated carbocycles. The fourth-order valence-corrected chi connectivity index (χ4v) is 2.00. The van der Waals surface area contributed by atoms with Crippen LogP contribution in [0, 0.1) is 12.7 Å². The van der Waals surface area contributed by atoms with E-state index in [1.54, 1.807) is 18.2 Å². The van der Waals surface area contributed by atoms with Gasteiger partial charge in [0.2, 0.25) is 0 Å². The van der Waals surface area contributed by atoms with E-state index in [-0.39, 0.29) is 17.8 Å². The van der Waals surface area contributed by atoms with Crippen LogP contribution in [0.4, 0.5) is 15.8 Å². The first kappa shape index (κ1) is 15.0. The smallest absolute Gasteiger partial charge is 0.255 e. The van der Waals surface area contributed by atoms with Gasteiger partial charge in [-0.1, -0.05) is 12.1 Å². The van der Waals surface area contributed by atoms with E-state index in [0.29, 0.717) is 11.3 Å². The second-order valence-electron chi connectivity index (χ2n) is 5.29. The molecule has 0 spiro atoms. The number of hydrogen-bond acceptors (Lipinski definition) is 2. The molecule has 0 aliphatic rings. The van der Waals surface area contributed by atoms with Crippen LogP contribution in [0.1, 0.15) is 29.8 Å². The minimum absolute atomic E-state index is 0.257. The Morgan fingerprint density at radius 2 is 1.90 bits per heavy atom. The van der Waals surface area contributed by atoms with E-state index in [9.17, 15) is 9.18 Å². The molecule has 0 aliphatic heterocycles. The second-order valence-corrected chi connectivity index (χ2v) is 5.29. The average molecular weight is 286 g/mol.